The van der Waals surface area contributed by atoms with Gasteiger partial charge in [-0.1, -0.05) is 59.7 Å². The Morgan fingerprint density at radius 1 is 0.897 bits per heavy atom. The Morgan fingerprint density at radius 3 is 1.97 bits per heavy atom. The van der Waals surface area contributed by atoms with Crippen molar-refractivity contribution in [1.82, 2.24) is 10.2 Å². The van der Waals surface area contributed by atoms with Gasteiger partial charge >= 0.3 is 0 Å². The molecule has 0 saturated carbocycles. The van der Waals surface area contributed by atoms with Crippen molar-refractivity contribution in [3.63, 3.8) is 0 Å². The second kappa shape index (κ2) is 12.0. The fourth-order valence-corrected chi connectivity index (χ4v) is 5.37. The normalized spacial score (nSPS) is 12.5. The number of nitrogens with one attached hydrogen (secondary N) is 1. The molecular formula is C30H36FN3O4S. The van der Waals surface area contributed by atoms with E-state index in [9.17, 15) is 22.4 Å². The van der Waals surface area contributed by atoms with Gasteiger partial charge in [-0.25, -0.2) is 12.8 Å². The summed E-state index contributed by atoms with van der Waals surface area (Å²) in [6.07, 6.45) is 0. The standard InChI is InChI=1S/C30H36FN3O4S/c1-21-11-15-24(16-12-21)19-33(23(3)29(36)32-30(4,5)6)28(35)20-34(27-10-8-7-9-26(27)31)39(37,38)25-17-13-22(2)14-18-25/h7-18,23H,19-20H2,1-6H3,(H,32,36). The Bertz CT molecular complexity index is 1420. The van der Waals surface area contributed by atoms with Crippen molar-refractivity contribution in [2.24, 2.45) is 0 Å². The molecule has 3 aromatic carbocycles. The number of nitrogens with zero attached hydrogens (tertiary/aromatic N) is 2. The lowest BCUT2D eigenvalue weighted by Crippen LogP contribution is -2.54. The highest BCUT2D eigenvalue weighted by Gasteiger charge is 2.34. The highest BCUT2D eigenvalue weighted by atomic mass is 32.2. The van der Waals surface area contributed by atoms with E-state index in [1.54, 1.807) is 19.1 Å². The van der Waals surface area contributed by atoms with Crippen molar-refractivity contribution in [1.29, 1.82) is 0 Å². The zero-order valence-corrected chi connectivity index (χ0v) is 24.0. The highest BCUT2D eigenvalue weighted by Crippen LogP contribution is 2.27. The first-order valence-electron chi connectivity index (χ1n) is 12.7. The molecular weight excluding hydrogens is 517 g/mol. The summed E-state index contributed by atoms with van der Waals surface area (Å²) >= 11 is 0. The number of para-hydroxylation sites is 1. The third kappa shape index (κ3) is 7.66. The zero-order valence-electron chi connectivity index (χ0n) is 23.2. The van der Waals surface area contributed by atoms with Gasteiger partial charge in [-0.15, -0.1) is 0 Å². The molecule has 0 bridgehead atoms. The van der Waals surface area contributed by atoms with E-state index in [4.69, 9.17) is 0 Å². The first kappa shape index (κ1) is 29.8. The summed E-state index contributed by atoms with van der Waals surface area (Å²) in [7, 11) is -4.33. The van der Waals surface area contributed by atoms with Gasteiger partial charge in [0.25, 0.3) is 10.0 Å². The predicted octanol–water partition coefficient (Wildman–Crippen LogP) is 4.97. The number of hydrogen-bond donors (Lipinski definition) is 1. The van der Waals surface area contributed by atoms with Gasteiger partial charge < -0.3 is 10.2 Å². The molecule has 1 atom stereocenters. The molecule has 39 heavy (non-hydrogen) atoms. The molecule has 0 aliphatic heterocycles. The molecule has 3 rings (SSSR count). The van der Waals surface area contributed by atoms with Gasteiger partial charge in [0.1, 0.15) is 18.4 Å². The Morgan fingerprint density at radius 2 is 1.44 bits per heavy atom. The fraction of sp³-hybridized carbons (Fsp3) is 0.333. The number of benzene rings is 3. The molecule has 7 nitrogen and oxygen atoms in total. The third-order valence-electron chi connectivity index (χ3n) is 6.15. The lowest BCUT2D eigenvalue weighted by Gasteiger charge is -2.33. The van der Waals surface area contributed by atoms with Crippen LogP contribution in [-0.2, 0) is 26.2 Å². The summed E-state index contributed by atoms with van der Waals surface area (Å²) in [6.45, 7) is 10.2. The van der Waals surface area contributed by atoms with Crippen molar-refractivity contribution in [2.45, 2.75) is 64.6 Å². The molecule has 0 spiro atoms. The molecule has 0 aliphatic rings. The minimum absolute atomic E-state index is 0.0630. The summed E-state index contributed by atoms with van der Waals surface area (Å²) in [4.78, 5) is 28.2. The molecule has 0 radical (unpaired) electrons. The van der Waals surface area contributed by atoms with Gasteiger partial charge in [-0.2, -0.15) is 0 Å². The highest BCUT2D eigenvalue weighted by molar-refractivity contribution is 7.92. The minimum atomic E-state index is -4.33. The number of hydrogen-bond acceptors (Lipinski definition) is 4. The van der Waals surface area contributed by atoms with E-state index >= 15 is 0 Å². The summed E-state index contributed by atoms with van der Waals surface area (Å²) in [5.74, 6) is -1.82. The summed E-state index contributed by atoms with van der Waals surface area (Å²) < 4.78 is 43.2. The lowest BCUT2D eigenvalue weighted by atomic mass is 10.1. The van der Waals surface area contributed by atoms with Crippen molar-refractivity contribution in [3.8, 4) is 0 Å². The smallest absolute Gasteiger partial charge is 0.264 e. The van der Waals surface area contributed by atoms with Crippen LogP contribution in [-0.4, -0.2) is 43.3 Å². The maximum absolute atomic E-state index is 15.0. The number of amides is 2. The van der Waals surface area contributed by atoms with Crippen LogP contribution < -0.4 is 9.62 Å². The van der Waals surface area contributed by atoms with Gasteiger partial charge in [0.05, 0.1) is 10.6 Å². The molecule has 3 aromatic rings. The van der Waals surface area contributed by atoms with Gasteiger partial charge in [0.2, 0.25) is 11.8 Å². The zero-order chi connectivity index (χ0) is 29.0. The second-order valence-electron chi connectivity index (χ2n) is 10.7. The fourth-order valence-electron chi connectivity index (χ4n) is 3.95. The molecule has 0 aromatic heterocycles. The molecule has 1 N–H and O–H groups in total. The van der Waals surface area contributed by atoms with Crippen LogP contribution in [0, 0.1) is 19.7 Å². The largest absolute Gasteiger partial charge is 0.350 e. The molecule has 1 unspecified atom stereocenters. The van der Waals surface area contributed by atoms with Crippen molar-refractivity contribution < 1.29 is 22.4 Å². The van der Waals surface area contributed by atoms with Crippen LogP contribution in [0.3, 0.4) is 0 Å². The van der Waals surface area contributed by atoms with Gasteiger partial charge in [0, 0.05) is 12.1 Å². The van der Waals surface area contributed by atoms with Gasteiger partial charge in [0.15, 0.2) is 0 Å². The maximum Gasteiger partial charge on any atom is 0.264 e. The Labute approximate surface area is 230 Å². The third-order valence-corrected chi connectivity index (χ3v) is 7.92. The van der Waals surface area contributed by atoms with E-state index in [-0.39, 0.29) is 23.0 Å². The topological polar surface area (TPSA) is 86.8 Å². The van der Waals surface area contributed by atoms with Crippen molar-refractivity contribution >= 4 is 27.5 Å². The molecule has 208 valence electrons. The predicted molar refractivity (Wildman–Crippen MR) is 151 cm³/mol. The van der Waals surface area contributed by atoms with Crippen molar-refractivity contribution in [3.05, 3.63) is 95.3 Å². The number of aryl methyl sites for hydroxylation is 2. The molecule has 0 heterocycles. The number of anilines is 1. The Kier molecular flexibility index (Phi) is 9.17. The average molecular weight is 554 g/mol. The van der Waals surface area contributed by atoms with Crippen LogP contribution in [0.4, 0.5) is 10.1 Å². The number of rotatable bonds is 9. The summed E-state index contributed by atoms with van der Waals surface area (Å²) in [6, 6.07) is 18.1. The van der Waals surface area contributed by atoms with Crippen LogP contribution in [0.15, 0.2) is 77.7 Å². The first-order chi connectivity index (χ1) is 18.2. The van der Waals surface area contributed by atoms with Crippen LogP contribution in [0.2, 0.25) is 0 Å². The van der Waals surface area contributed by atoms with Gasteiger partial charge in [-0.05, 0) is 71.4 Å². The van der Waals surface area contributed by atoms with E-state index in [0.29, 0.717) is 0 Å². The Balaban J connectivity index is 2.04. The first-order valence-corrected chi connectivity index (χ1v) is 14.1. The van der Waals surface area contributed by atoms with Crippen LogP contribution in [0.5, 0.6) is 0 Å². The number of halogens is 1. The van der Waals surface area contributed by atoms with E-state index in [2.05, 4.69) is 5.32 Å². The van der Waals surface area contributed by atoms with Crippen LogP contribution >= 0.6 is 0 Å². The van der Waals surface area contributed by atoms with E-state index in [0.717, 1.165) is 27.1 Å². The summed E-state index contributed by atoms with van der Waals surface area (Å²) in [5.41, 5.74) is 1.85. The molecule has 9 heteroatoms. The minimum Gasteiger partial charge on any atom is -0.350 e. The van der Waals surface area contributed by atoms with E-state index in [1.165, 1.54) is 35.2 Å². The SMILES string of the molecule is Cc1ccc(CN(C(=O)CN(c2ccccc2F)S(=O)(=O)c2ccc(C)cc2)C(C)C(=O)NC(C)(C)C)cc1. The summed E-state index contributed by atoms with van der Waals surface area (Å²) in [5, 5.41) is 2.88. The van der Waals surface area contributed by atoms with Crippen LogP contribution in [0.25, 0.3) is 0 Å². The number of carbonyl (C=O) groups is 2. The Hall–Kier alpha value is -3.72. The molecule has 0 saturated heterocycles. The quantitative estimate of drug-likeness (QED) is 0.405. The molecule has 0 fully saturated rings. The second-order valence-corrected chi connectivity index (χ2v) is 12.6. The van der Waals surface area contributed by atoms with Crippen molar-refractivity contribution in [2.75, 3.05) is 10.8 Å². The number of carbonyl (C=O) groups excluding carboxylic acids is 2. The van der Waals surface area contributed by atoms with Gasteiger partial charge in [-0.3, -0.25) is 13.9 Å². The monoisotopic (exact) mass is 553 g/mol. The molecule has 2 amide bonds. The lowest BCUT2D eigenvalue weighted by molar-refractivity contribution is -0.140. The molecule has 0 aliphatic carbocycles. The van der Waals surface area contributed by atoms with E-state index < -0.39 is 39.9 Å². The van der Waals surface area contributed by atoms with E-state index in [1.807, 2.05) is 58.9 Å². The maximum atomic E-state index is 15.0. The van der Waals surface area contributed by atoms with Crippen LogP contribution in [0.1, 0.15) is 44.4 Å². The average Bonchev–Trinajstić information content (AvgIpc) is 2.86. The number of sulfonamides is 1.